The molecule has 1 aliphatic heterocycles. The first-order chi connectivity index (χ1) is 15.4. The molecule has 2 aromatic carbocycles. The molecule has 0 bridgehead atoms. The van der Waals surface area contributed by atoms with Crippen LogP contribution in [-0.4, -0.2) is 61.7 Å². The molecule has 9 nitrogen and oxygen atoms in total. The Morgan fingerprint density at radius 1 is 1.16 bits per heavy atom. The number of rotatable bonds is 6. The second kappa shape index (κ2) is 11.3. The molecule has 3 rings (SSSR count). The molecule has 0 radical (unpaired) electrons. The number of hydrazone groups is 1. The van der Waals surface area contributed by atoms with E-state index in [2.05, 4.69) is 15.8 Å². The van der Waals surface area contributed by atoms with Crippen molar-refractivity contribution in [3.63, 3.8) is 0 Å². The van der Waals surface area contributed by atoms with Crippen LogP contribution in [0.5, 0.6) is 5.75 Å². The predicted octanol–water partition coefficient (Wildman–Crippen LogP) is 1.97. The van der Waals surface area contributed by atoms with Gasteiger partial charge in [-0.05, 0) is 36.8 Å². The molecule has 2 aromatic rings. The maximum atomic E-state index is 12.3. The van der Waals surface area contributed by atoms with E-state index in [1.54, 1.807) is 47.4 Å². The number of hydrogen-bond acceptors (Lipinski definition) is 6. The van der Waals surface area contributed by atoms with Crippen LogP contribution in [-0.2, 0) is 19.1 Å². The normalized spacial score (nSPS) is 13.6. The lowest BCUT2D eigenvalue weighted by molar-refractivity contribution is -0.137. The number of nitrogens with zero attached hydrogens (tertiary/aromatic N) is 2. The van der Waals surface area contributed by atoms with Crippen LogP contribution in [0.25, 0.3) is 0 Å². The van der Waals surface area contributed by atoms with Gasteiger partial charge in [-0.3, -0.25) is 14.4 Å². The Morgan fingerprint density at radius 3 is 2.66 bits per heavy atom. The van der Waals surface area contributed by atoms with Crippen molar-refractivity contribution in [3.8, 4) is 5.75 Å². The molecule has 0 unspecified atom stereocenters. The number of ether oxygens (including phenoxy) is 2. The van der Waals surface area contributed by atoms with Gasteiger partial charge in [-0.25, -0.2) is 5.43 Å². The van der Waals surface area contributed by atoms with Crippen molar-refractivity contribution < 1.29 is 23.9 Å². The SMILES string of the molecule is Cc1ccc(NC(=O)C(=O)N/N=C\c2ccccc2OCC(=O)N2CCOCC2)cc1Cl. The maximum Gasteiger partial charge on any atom is 0.329 e. The van der Waals surface area contributed by atoms with Crippen LogP contribution in [0.15, 0.2) is 47.6 Å². The molecule has 1 saturated heterocycles. The number of halogens is 1. The molecule has 3 amide bonds. The smallest absolute Gasteiger partial charge is 0.329 e. The van der Waals surface area contributed by atoms with Gasteiger partial charge in [-0.1, -0.05) is 29.8 Å². The number of anilines is 1. The summed E-state index contributed by atoms with van der Waals surface area (Å²) in [4.78, 5) is 38.0. The van der Waals surface area contributed by atoms with Gasteiger partial charge in [-0.2, -0.15) is 5.10 Å². The van der Waals surface area contributed by atoms with Crippen molar-refractivity contribution in [2.45, 2.75) is 6.92 Å². The van der Waals surface area contributed by atoms with Gasteiger partial charge in [0.25, 0.3) is 5.91 Å². The molecule has 0 aliphatic carbocycles. The van der Waals surface area contributed by atoms with Gasteiger partial charge in [0.05, 0.1) is 19.4 Å². The Balaban J connectivity index is 1.53. The van der Waals surface area contributed by atoms with Gasteiger partial charge >= 0.3 is 11.8 Å². The monoisotopic (exact) mass is 458 g/mol. The molecule has 0 atom stereocenters. The van der Waals surface area contributed by atoms with Crippen molar-refractivity contribution in [2.75, 3.05) is 38.2 Å². The van der Waals surface area contributed by atoms with E-state index >= 15 is 0 Å². The van der Waals surface area contributed by atoms with E-state index in [4.69, 9.17) is 21.1 Å². The molecule has 0 spiro atoms. The molecule has 0 saturated carbocycles. The molecule has 168 valence electrons. The van der Waals surface area contributed by atoms with Crippen molar-refractivity contribution in [1.29, 1.82) is 0 Å². The quantitative estimate of drug-likeness (QED) is 0.391. The standard InChI is InChI=1S/C22H23ClN4O5/c1-15-6-7-17(12-18(15)23)25-21(29)22(30)26-24-13-16-4-2-3-5-19(16)32-14-20(28)27-8-10-31-11-9-27/h2-7,12-13H,8-11,14H2,1H3,(H,25,29)(H,26,30)/b24-13-. The predicted molar refractivity (Wildman–Crippen MR) is 120 cm³/mol. The summed E-state index contributed by atoms with van der Waals surface area (Å²) in [5.74, 6) is -1.55. The maximum absolute atomic E-state index is 12.3. The number of carbonyl (C=O) groups excluding carboxylic acids is 3. The fourth-order valence-electron chi connectivity index (χ4n) is 2.83. The number of benzene rings is 2. The third kappa shape index (κ3) is 6.53. The second-order valence-electron chi connectivity index (χ2n) is 6.94. The number of hydrogen-bond donors (Lipinski definition) is 2. The molecule has 2 N–H and O–H groups in total. The number of amides is 3. The first-order valence-corrected chi connectivity index (χ1v) is 10.3. The highest BCUT2D eigenvalue weighted by atomic mass is 35.5. The summed E-state index contributed by atoms with van der Waals surface area (Å²) in [5, 5.41) is 6.74. The van der Waals surface area contributed by atoms with Crippen LogP contribution in [0.1, 0.15) is 11.1 Å². The van der Waals surface area contributed by atoms with Crippen molar-refractivity contribution in [3.05, 3.63) is 58.6 Å². The van der Waals surface area contributed by atoms with Crippen LogP contribution < -0.4 is 15.5 Å². The lowest BCUT2D eigenvalue weighted by atomic mass is 10.2. The van der Waals surface area contributed by atoms with Crippen LogP contribution in [0.2, 0.25) is 5.02 Å². The Morgan fingerprint density at radius 2 is 1.91 bits per heavy atom. The molecular formula is C22H23ClN4O5. The molecule has 1 fully saturated rings. The zero-order chi connectivity index (χ0) is 22.9. The second-order valence-corrected chi connectivity index (χ2v) is 7.34. The molecule has 10 heteroatoms. The highest BCUT2D eigenvalue weighted by Gasteiger charge is 2.18. The summed E-state index contributed by atoms with van der Waals surface area (Å²) in [5.41, 5.74) is 3.95. The van der Waals surface area contributed by atoms with Gasteiger partial charge in [0.1, 0.15) is 5.75 Å². The number of morpholine rings is 1. The fraction of sp³-hybridized carbons (Fsp3) is 0.273. The summed E-state index contributed by atoms with van der Waals surface area (Å²) < 4.78 is 10.9. The zero-order valence-electron chi connectivity index (χ0n) is 17.5. The van der Waals surface area contributed by atoms with Gasteiger partial charge in [0, 0.05) is 29.4 Å². The summed E-state index contributed by atoms with van der Waals surface area (Å²) in [6.45, 7) is 3.80. The topological polar surface area (TPSA) is 109 Å². The van der Waals surface area contributed by atoms with Crippen LogP contribution in [0.4, 0.5) is 5.69 Å². The number of para-hydroxylation sites is 1. The first kappa shape index (κ1) is 23.2. The minimum absolute atomic E-state index is 0.126. The lowest BCUT2D eigenvalue weighted by Gasteiger charge is -2.26. The van der Waals surface area contributed by atoms with Gasteiger partial charge in [0.15, 0.2) is 6.61 Å². The van der Waals surface area contributed by atoms with E-state index in [-0.39, 0.29) is 12.5 Å². The van der Waals surface area contributed by atoms with Gasteiger partial charge < -0.3 is 19.7 Å². The van der Waals surface area contributed by atoms with E-state index in [0.29, 0.717) is 48.3 Å². The molecular weight excluding hydrogens is 436 g/mol. The summed E-state index contributed by atoms with van der Waals surface area (Å²) in [6.07, 6.45) is 1.34. The lowest BCUT2D eigenvalue weighted by Crippen LogP contribution is -2.43. The van der Waals surface area contributed by atoms with Crippen LogP contribution in [0, 0.1) is 6.92 Å². The highest BCUT2D eigenvalue weighted by molar-refractivity contribution is 6.39. The molecule has 0 aromatic heterocycles. The average Bonchev–Trinajstić information content (AvgIpc) is 2.81. The number of aryl methyl sites for hydroxylation is 1. The van der Waals surface area contributed by atoms with Crippen molar-refractivity contribution in [2.24, 2.45) is 5.10 Å². The zero-order valence-corrected chi connectivity index (χ0v) is 18.2. The summed E-state index contributed by atoms with van der Waals surface area (Å²) in [6, 6.07) is 11.8. The minimum atomic E-state index is -0.946. The number of nitrogens with one attached hydrogen (secondary N) is 2. The van der Waals surface area contributed by atoms with Crippen molar-refractivity contribution in [1.82, 2.24) is 10.3 Å². The minimum Gasteiger partial charge on any atom is -0.483 e. The van der Waals surface area contributed by atoms with E-state index in [1.165, 1.54) is 6.21 Å². The third-order valence-corrected chi connectivity index (χ3v) is 5.05. The largest absolute Gasteiger partial charge is 0.483 e. The average molecular weight is 459 g/mol. The summed E-state index contributed by atoms with van der Waals surface area (Å²) >= 11 is 6.02. The van der Waals surface area contributed by atoms with E-state index in [0.717, 1.165) is 5.56 Å². The third-order valence-electron chi connectivity index (χ3n) is 4.64. The fourth-order valence-corrected chi connectivity index (χ4v) is 3.01. The number of carbonyl (C=O) groups is 3. The highest BCUT2D eigenvalue weighted by Crippen LogP contribution is 2.20. The van der Waals surface area contributed by atoms with Gasteiger partial charge in [0.2, 0.25) is 0 Å². The summed E-state index contributed by atoms with van der Waals surface area (Å²) in [7, 11) is 0. The molecule has 1 aliphatic rings. The van der Waals surface area contributed by atoms with Crippen LogP contribution in [0.3, 0.4) is 0 Å². The van der Waals surface area contributed by atoms with Crippen LogP contribution >= 0.6 is 11.6 Å². The van der Waals surface area contributed by atoms with Crippen molar-refractivity contribution >= 4 is 41.2 Å². The Kier molecular flexibility index (Phi) is 8.18. The Bertz CT molecular complexity index is 1020. The van der Waals surface area contributed by atoms with E-state index < -0.39 is 11.8 Å². The molecule has 32 heavy (non-hydrogen) atoms. The van der Waals surface area contributed by atoms with E-state index in [9.17, 15) is 14.4 Å². The van der Waals surface area contributed by atoms with E-state index in [1.807, 2.05) is 6.92 Å². The first-order valence-electron chi connectivity index (χ1n) is 9.92. The van der Waals surface area contributed by atoms with Gasteiger partial charge in [-0.15, -0.1) is 0 Å². The Hall–Kier alpha value is -3.43. The Labute approximate surface area is 190 Å². The molecule has 1 heterocycles.